The Labute approximate surface area is 186 Å². The van der Waals surface area contributed by atoms with Gasteiger partial charge in [0.1, 0.15) is 6.04 Å². The van der Waals surface area contributed by atoms with Gasteiger partial charge in [-0.05, 0) is 37.7 Å². The number of rotatable bonds is 5. The molecule has 1 atom stereocenters. The van der Waals surface area contributed by atoms with E-state index in [1.54, 1.807) is 0 Å². The molecule has 0 saturated carbocycles. The maximum atomic E-state index is 12.1. The van der Waals surface area contributed by atoms with Gasteiger partial charge in [0.05, 0.1) is 22.4 Å². The second kappa shape index (κ2) is 8.20. The van der Waals surface area contributed by atoms with Crippen LogP contribution in [0.25, 0.3) is 22.4 Å². The van der Waals surface area contributed by atoms with Crippen LogP contribution in [0.4, 0.5) is 0 Å². The highest BCUT2D eigenvalue weighted by molar-refractivity contribution is 7.88. The first kappa shape index (κ1) is 20.9. The van der Waals surface area contributed by atoms with E-state index < -0.39 is 16.1 Å². The molecule has 2 saturated heterocycles. The topological polar surface area (TPSA) is 90.5 Å². The molecule has 3 aromatic rings. The Morgan fingerprint density at radius 1 is 1.19 bits per heavy atom. The quantitative estimate of drug-likeness (QED) is 0.569. The van der Waals surface area contributed by atoms with Gasteiger partial charge < -0.3 is 13.7 Å². The van der Waals surface area contributed by atoms with Crippen LogP contribution in [0.2, 0.25) is 5.02 Å². The van der Waals surface area contributed by atoms with Crippen LogP contribution in [0.3, 0.4) is 0 Å². The van der Waals surface area contributed by atoms with Gasteiger partial charge in [-0.15, -0.1) is 10.2 Å². The van der Waals surface area contributed by atoms with Crippen molar-refractivity contribution in [3.05, 3.63) is 35.3 Å². The van der Waals surface area contributed by atoms with Crippen molar-refractivity contribution in [3.8, 4) is 11.5 Å². The summed E-state index contributed by atoms with van der Waals surface area (Å²) >= 11 is 6.57. The highest BCUT2D eigenvalue weighted by Gasteiger charge is 2.36. The molecule has 166 valence electrons. The molecule has 0 aliphatic carbocycles. The molecule has 2 aliphatic heterocycles. The fraction of sp³-hybridized carbons (Fsp3) is 0.524. The molecular weight excluding hydrogens is 440 g/mol. The molecule has 8 nitrogen and oxygen atoms in total. The van der Waals surface area contributed by atoms with Gasteiger partial charge in [0.15, 0.2) is 0 Å². The Hall–Kier alpha value is -1.94. The Morgan fingerprint density at radius 3 is 2.77 bits per heavy atom. The predicted octanol–water partition coefficient (Wildman–Crippen LogP) is 3.87. The summed E-state index contributed by atoms with van der Waals surface area (Å²) in [5.41, 5.74) is 1.76. The van der Waals surface area contributed by atoms with Crippen LogP contribution < -0.4 is 0 Å². The molecule has 2 aliphatic rings. The van der Waals surface area contributed by atoms with Crippen molar-refractivity contribution in [3.63, 3.8) is 0 Å². The van der Waals surface area contributed by atoms with Crippen LogP contribution in [0, 0.1) is 5.92 Å². The van der Waals surface area contributed by atoms with Gasteiger partial charge in [-0.1, -0.05) is 23.7 Å². The highest BCUT2D eigenvalue weighted by Crippen LogP contribution is 2.38. The van der Waals surface area contributed by atoms with Crippen molar-refractivity contribution >= 4 is 32.5 Å². The smallest absolute Gasteiger partial charge is 0.249 e. The number of hydrogen-bond acceptors (Lipinski definition) is 6. The van der Waals surface area contributed by atoms with E-state index in [1.165, 1.54) is 10.6 Å². The monoisotopic (exact) mass is 464 g/mol. The number of para-hydroxylation sites is 1. The van der Waals surface area contributed by atoms with Crippen LogP contribution >= 0.6 is 11.6 Å². The molecule has 0 N–H and O–H groups in total. The predicted molar refractivity (Wildman–Crippen MR) is 117 cm³/mol. The third-order valence-corrected chi connectivity index (χ3v) is 7.82. The lowest BCUT2D eigenvalue weighted by molar-refractivity contribution is 0.0616. The molecule has 0 spiro atoms. The van der Waals surface area contributed by atoms with E-state index in [9.17, 15) is 8.42 Å². The van der Waals surface area contributed by atoms with Crippen LogP contribution in [-0.2, 0) is 21.3 Å². The number of halogens is 1. The van der Waals surface area contributed by atoms with Crippen LogP contribution in [-0.4, -0.2) is 53.5 Å². The number of sulfonamides is 1. The molecule has 10 heteroatoms. The Balaban J connectivity index is 1.52. The van der Waals surface area contributed by atoms with Gasteiger partial charge in [-0.2, -0.15) is 4.31 Å². The van der Waals surface area contributed by atoms with Crippen molar-refractivity contribution in [1.29, 1.82) is 0 Å². The van der Waals surface area contributed by atoms with Crippen LogP contribution in [0.5, 0.6) is 0 Å². The fourth-order valence-electron chi connectivity index (χ4n) is 4.70. The lowest BCUT2D eigenvalue weighted by Gasteiger charge is -2.23. The molecular formula is C21H25ClN4O4S. The Bertz CT molecular complexity index is 1200. The number of nitrogens with zero attached hydrogens (tertiary/aromatic N) is 4. The van der Waals surface area contributed by atoms with Gasteiger partial charge in [0.25, 0.3) is 0 Å². The minimum Gasteiger partial charge on any atom is -0.419 e. The number of ether oxygens (including phenoxy) is 1. The minimum absolute atomic E-state index is 0.338. The zero-order chi connectivity index (χ0) is 21.6. The van der Waals surface area contributed by atoms with E-state index >= 15 is 0 Å². The fourth-order valence-corrected chi connectivity index (χ4v) is 6.10. The van der Waals surface area contributed by atoms with Gasteiger partial charge in [-0.25, -0.2) is 8.42 Å². The van der Waals surface area contributed by atoms with Crippen molar-refractivity contribution in [2.24, 2.45) is 5.92 Å². The van der Waals surface area contributed by atoms with Gasteiger partial charge in [0.2, 0.25) is 21.8 Å². The SMILES string of the molecule is CS(=O)(=O)N1CCC[C@H]1c1nnc(-c2cn(CC3CCOCC3)c3c(Cl)cccc23)o1. The second-order valence-corrected chi connectivity index (χ2v) is 10.7. The van der Waals surface area contributed by atoms with E-state index in [0.717, 1.165) is 55.5 Å². The summed E-state index contributed by atoms with van der Waals surface area (Å²) in [5, 5.41) is 10.1. The third kappa shape index (κ3) is 4.00. The first-order chi connectivity index (χ1) is 14.9. The first-order valence-electron chi connectivity index (χ1n) is 10.6. The highest BCUT2D eigenvalue weighted by atomic mass is 35.5. The normalized spacial score (nSPS) is 21.3. The van der Waals surface area contributed by atoms with Crippen molar-refractivity contribution in [1.82, 2.24) is 19.1 Å². The van der Waals surface area contributed by atoms with E-state index in [4.69, 9.17) is 20.8 Å². The van der Waals surface area contributed by atoms with Crippen LogP contribution in [0.1, 0.15) is 37.6 Å². The standard InChI is InChI=1S/C21H25ClN4O4S/c1-31(27,28)26-9-3-6-18(26)21-24-23-20(30-21)16-13-25(12-14-7-10-29-11-8-14)19-15(16)4-2-5-17(19)22/h2,4-5,13-14,18H,3,6-12H2,1H3/t18-/m0/s1. The molecule has 1 aromatic carbocycles. The van der Waals surface area contributed by atoms with Crippen molar-refractivity contribution in [2.45, 2.75) is 38.3 Å². The molecule has 0 unspecified atom stereocenters. The lowest BCUT2D eigenvalue weighted by atomic mass is 10.0. The van der Waals surface area contributed by atoms with E-state index in [1.807, 2.05) is 24.4 Å². The molecule has 0 amide bonds. The summed E-state index contributed by atoms with van der Waals surface area (Å²) in [4.78, 5) is 0. The largest absolute Gasteiger partial charge is 0.419 e. The maximum absolute atomic E-state index is 12.1. The van der Waals surface area contributed by atoms with Crippen LogP contribution in [0.15, 0.2) is 28.8 Å². The number of hydrogen-bond donors (Lipinski definition) is 0. The number of fused-ring (bicyclic) bond motifs is 1. The molecule has 5 rings (SSSR count). The molecule has 2 fully saturated rings. The first-order valence-corrected chi connectivity index (χ1v) is 12.8. The summed E-state index contributed by atoms with van der Waals surface area (Å²) in [6, 6.07) is 5.39. The average molecular weight is 465 g/mol. The van der Waals surface area contributed by atoms with Crippen molar-refractivity contribution in [2.75, 3.05) is 26.0 Å². The van der Waals surface area contributed by atoms with Crippen molar-refractivity contribution < 1.29 is 17.6 Å². The van der Waals surface area contributed by atoms with E-state index in [-0.39, 0.29) is 0 Å². The third-order valence-electron chi connectivity index (χ3n) is 6.23. The number of aromatic nitrogens is 3. The zero-order valence-corrected chi connectivity index (χ0v) is 18.9. The lowest BCUT2D eigenvalue weighted by Crippen LogP contribution is -2.29. The summed E-state index contributed by atoms with van der Waals surface area (Å²) < 4.78 is 39.3. The van der Waals surface area contributed by atoms with E-state index in [2.05, 4.69) is 14.8 Å². The average Bonchev–Trinajstić information content (AvgIpc) is 3.47. The summed E-state index contributed by atoms with van der Waals surface area (Å²) in [5.74, 6) is 1.24. The van der Waals surface area contributed by atoms with Gasteiger partial charge >= 0.3 is 0 Å². The molecule has 0 bridgehead atoms. The molecule has 0 radical (unpaired) electrons. The van der Waals surface area contributed by atoms with Gasteiger partial charge in [0, 0.05) is 37.9 Å². The number of benzene rings is 1. The summed E-state index contributed by atoms with van der Waals surface area (Å²) in [6.07, 6.45) is 6.72. The molecule has 4 heterocycles. The summed E-state index contributed by atoms with van der Waals surface area (Å²) in [7, 11) is -3.33. The molecule has 2 aromatic heterocycles. The van der Waals surface area contributed by atoms with Gasteiger partial charge in [-0.3, -0.25) is 0 Å². The summed E-state index contributed by atoms with van der Waals surface area (Å²) in [6.45, 7) is 2.89. The zero-order valence-electron chi connectivity index (χ0n) is 17.3. The van der Waals surface area contributed by atoms with E-state index in [0.29, 0.717) is 35.7 Å². The molecule has 31 heavy (non-hydrogen) atoms. The Kier molecular flexibility index (Phi) is 5.54. The minimum atomic E-state index is -3.33. The Morgan fingerprint density at radius 2 is 2.00 bits per heavy atom. The maximum Gasteiger partial charge on any atom is 0.249 e. The second-order valence-electron chi connectivity index (χ2n) is 8.36.